The lowest BCUT2D eigenvalue weighted by atomic mass is 10.2. The fourth-order valence-electron chi connectivity index (χ4n) is 1.85. The van der Waals surface area contributed by atoms with Gasteiger partial charge in [0.15, 0.2) is 0 Å². The molecule has 23 heavy (non-hydrogen) atoms. The van der Waals surface area contributed by atoms with E-state index in [-0.39, 0.29) is 5.69 Å². The monoisotopic (exact) mass is 326 g/mol. The van der Waals surface area contributed by atoms with Gasteiger partial charge in [0.05, 0.1) is 12.4 Å². The molecule has 0 spiro atoms. The van der Waals surface area contributed by atoms with Crippen molar-refractivity contribution in [1.29, 1.82) is 0 Å². The Morgan fingerprint density at radius 1 is 1.26 bits per heavy atom. The Hall–Kier alpha value is -2.99. The molecule has 3 aromatic rings. The first-order valence-electron chi connectivity index (χ1n) is 6.67. The molecular formula is C16H11ClN4O2. The summed E-state index contributed by atoms with van der Waals surface area (Å²) in [5, 5.41) is 4.46. The number of carbonyl (C=O) groups excluding carboxylic acids is 1. The normalized spacial score (nSPS) is 10.8. The van der Waals surface area contributed by atoms with Crippen LogP contribution in [-0.2, 0) is 0 Å². The highest BCUT2D eigenvalue weighted by Gasteiger charge is 2.06. The summed E-state index contributed by atoms with van der Waals surface area (Å²) >= 11 is 5.95. The summed E-state index contributed by atoms with van der Waals surface area (Å²) in [6.07, 6.45) is 5.68. The van der Waals surface area contributed by atoms with E-state index in [0.29, 0.717) is 16.5 Å². The number of hydrogen-bond donors (Lipinski definition) is 1. The Labute approximate surface area is 136 Å². The number of nitrogens with zero attached hydrogens (tertiary/aromatic N) is 3. The first kappa shape index (κ1) is 14.9. The van der Waals surface area contributed by atoms with Gasteiger partial charge in [0, 0.05) is 23.0 Å². The van der Waals surface area contributed by atoms with Gasteiger partial charge in [-0.05, 0) is 24.3 Å². The zero-order valence-corrected chi connectivity index (χ0v) is 12.6. The molecule has 0 radical (unpaired) electrons. The number of rotatable bonds is 4. The molecular weight excluding hydrogens is 316 g/mol. The quantitative estimate of drug-likeness (QED) is 0.590. The maximum absolute atomic E-state index is 11.7. The number of aromatic nitrogens is 2. The van der Waals surface area contributed by atoms with E-state index in [1.165, 1.54) is 24.8 Å². The number of halogens is 1. The van der Waals surface area contributed by atoms with Gasteiger partial charge in [-0.2, -0.15) is 5.10 Å². The lowest BCUT2D eigenvalue weighted by Crippen LogP contribution is -2.18. The molecule has 0 unspecified atom stereocenters. The van der Waals surface area contributed by atoms with Crippen LogP contribution in [0.4, 0.5) is 0 Å². The summed E-state index contributed by atoms with van der Waals surface area (Å²) in [6, 6.07) is 10.9. The van der Waals surface area contributed by atoms with Gasteiger partial charge in [0.1, 0.15) is 17.2 Å². The fraction of sp³-hybridized carbons (Fsp3) is 0. The molecule has 0 aliphatic carbocycles. The van der Waals surface area contributed by atoms with Crippen molar-refractivity contribution >= 4 is 23.7 Å². The van der Waals surface area contributed by atoms with E-state index in [0.717, 1.165) is 5.56 Å². The van der Waals surface area contributed by atoms with Gasteiger partial charge in [0.25, 0.3) is 5.91 Å². The highest BCUT2D eigenvalue weighted by Crippen LogP contribution is 2.24. The number of nitrogens with one attached hydrogen (secondary N) is 1. The van der Waals surface area contributed by atoms with Crippen molar-refractivity contribution in [2.45, 2.75) is 0 Å². The average Bonchev–Trinajstić information content (AvgIpc) is 3.04. The Morgan fingerprint density at radius 2 is 2.17 bits per heavy atom. The second-order valence-electron chi connectivity index (χ2n) is 4.50. The van der Waals surface area contributed by atoms with Crippen LogP contribution in [0.3, 0.4) is 0 Å². The highest BCUT2D eigenvalue weighted by molar-refractivity contribution is 6.30. The minimum absolute atomic E-state index is 0.184. The molecule has 1 N–H and O–H groups in total. The smallest absolute Gasteiger partial charge is 0.291 e. The van der Waals surface area contributed by atoms with Crippen molar-refractivity contribution in [3.05, 3.63) is 71.5 Å². The van der Waals surface area contributed by atoms with Crippen molar-refractivity contribution in [3.63, 3.8) is 0 Å². The molecule has 114 valence electrons. The predicted octanol–water partition coefficient (Wildman–Crippen LogP) is 3.15. The van der Waals surface area contributed by atoms with Crippen LogP contribution in [-0.4, -0.2) is 22.1 Å². The third-order valence-corrected chi connectivity index (χ3v) is 3.12. The largest absolute Gasteiger partial charge is 0.455 e. The zero-order chi connectivity index (χ0) is 16.1. The summed E-state index contributed by atoms with van der Waals surface area (Å²) < 4.78 is 5.62. The first-order valence-corrected chi connectivity index (χ1v) is 7.05. The molecule has 0 aliphatic rings. The minimum atomic E-state index is -0.448. The summed E-state index contributed by atoms with van der Waals surface area (Å²) in [4.78, 5) is 19.4. The minimum Gasteiger partial charge on any atom is -0.455 e. The van der Waals surface area contributed by atoms with E-state index in [2.05, 4.69) is 20.5 Å². The molecule has 1 amide bonds. The number of benzene rings is 1. The SMILES string of the molecule is O=C(N/N=C\c1ccc(-c2cccc(Cl)c2)o1)c1cnccn1. The van der Waals surface area contributed by atoms with E-state index >= 15 is 0 Å². The molecule has 6 nitrogen and oxygen atoms in total. The number of hydrogen-bond acceptors (Lipinski definition) is 5. The Balaban J connectivity index is 1.66. The standard InChI is InChI=1S/C16H11ClN4O2/c17-12-3-1-2-11(8-12)15-5-4-13(23-15)9-20-21-16(22)14-10-18-6-7-19-14/h1-10H,(H,21,22)/b20-9-. The molecule has 3 rings (SSSR count). The summed E-state index contributed by atoms with van der Waals surface area (Å²) in [6.45, 7) is 0. The van der Waals surface area contributed by atoms with Crippen molar-refractivity contribution in [2.24, 2.45) is 5.10 Å². The van der Waals surface area contributed by atoms with Crippen LogP contribution >= 0.6 is 11.6 Å². The lowest BCUT2D eigenvalue weighted by molar-refractivity contribution is 0.0949. The maximum Gasteiger partial charge on any atom is 0.291 e. The molecule has 0 aliphatic heterocycles. The Bertz CT molecular complexity index is 846. The van der Waals surface area contributed by atoms with Crippen LogP contribution in [0.15, 0.2) is 64.5 Å². The predicted molar refractivity (Wildman–Crippen MR) is 86.2 cm³/mol. The van der Waals surface area contributed by atoms with Gasteiger partial charge in [-0.15, -0.1) is 0 Å². The molecule has 1 aromatic carbocycles. The van der Waals surface area contributed by atoms with E-state index in [1.807, 2.05) is 12.1 Å². The van der Waals surface area contributed by atoms with Crippen LogP contribution in [0.25, 0.3) is 11.3 Å². The van der Waals surface area contributed by atoms with Crippen LogP contribution in [0.1, 0.15) is 16.2 Å². The van der Waals surface area contributed by atoms with Crippen molar-refractivity contribution in [2.75, 3.05) is 0 Å². The van der Waals surface area contributed by atoms with Crippen LogP contribution in [0.5, 0.6) is 0 Å². The molecule has 0 saturated carbocycles. The van der Waals surface area contributed by atoms with E-state index < -0.39 is 5.91 Å². The summed E-state index contributed by atoms with van der Waals surface area (Å²) in [5.41, 5.74) is 3.40. The van der Waals surface area contributed by atoms with Gasteiger partial charge < -0.3 is 4.42 Å². The van der Waals surface area contributed by atoms with Crippen LogP contribution in [0.2, 0.25) is 5.02 Å². The van der Waals surface area contributed by atoms with Crippen LogP contribution in [0, 0.1) is 0 Å². The van der Waals surface area contributed by atoms with Gasteiger partial charge in [0.2, 0.25) is 0 Å². The molecule has 2 aromatic heterocycles. The maximum atomic E-state index is 11.7. The topological polar surface area (TPSA) is 80.4 Å². The number of furan rings is 1. The van der Waals surface area contributed by atoms with Crippen molar-refractivity contribution < 1.29 is 9.21 Å². The third-order valence-electron chi connectivity index (χ3n) is 2.89. The average molecular weight is 327 g/mol. The Kier molecular flexibility index (Phi) is 4.44. The zero-order valence-electron chi connectivity index (χ0n) is 11.8. The van der Waals surface area contributed by atoms with Gasteiger partial charge in [-0.3, -0.25) is 9.78 Å². The fourth-order valence-corrected chi connectivity index (χ4v) is 2.04. The number of hydrazone groups is 1. The van der Waals surface area contributed by atoms with Crippen LogP contribution < -0.4 is 5.43 Å². The lowest BCUT2D eigenvalue weighted by Gasteiger charge is -1.97. The van der Waals surface area contributed by atoms with Crippen molar-refractivity contribution in [1.82, 2.24) is 15.4 Å². The molecule has 0 bridgehead atoms. The Morgan fingerprint density at radius 3 is 2.96 bits per heavy atom. The molecule has 7 heteroatoms. The van der Waals surface area contributed by atoms with Gasteiger partial charge in [-0.1, -0.05) is 23.7 Å². The molecule has 0 fully saturated rings. The van der Waals surface area contributed by atoms with Crippen molar-refractivity contribution in [3.8, 4) is 11.3 Å². The van der Waals surface area contributed by atoms with Gasteiger partial charge >= 0.3 is 0 Å². The third kappa shape index (κ3) is 3.81. The molecule has 2 heterocycles. The summed E-state index contributed by atoms with van der Waals surface area (Å²) in [5.74, 6) is 0.713. The number of carbonyl (C=O) groups is 1. The van der Waals surface area contributed by atoms with E-state index in [1.54, 1.807) is 24.3 Å². The van der Waals surface area contributed by atoms with E-state index in [4.69, 9.17) is 16.0 Å². The molecule has 0 atom stereocenters. The second-order valence-corrected chi connectivity index (χ2v) is 4.94. The highest BCUT2D eigenvalue weighted by atomic mass is 35.5. The second kappa shape index (κ2) is 6.85. The number of amides is 1. The van der Waals surface area contributed by atoms with Gasteiger partial charge in [-0.25, -0.2) is 10.4 Å². The molecule has 0 saturated heterocycles. The van der Waals surface area contributed by atoms with E-state index in [9.17, 15) is 4.79 Å². The summed E-state index contributed by atoms with van der Waals surface area (Å²) in [7, 11) is 0. The first-order chi connectivity index (χ1) is 11.2.